The van der Waals surface area contributed by atoms with E-state index in [2.05, 4.69) is 46.4 Å². The minimum Gasteiger partial charge on any atom is -0.369 e. The predicted octanol–water partition coefficient (Wildman–Crippen LogP) is 1.47. The highest BCUT2D eigenvalue weighted by Gasteiger charge is 2.16. The number of anilines is 1. The molecule has 5 heteroatoms. The minimum atomic E-state index is 0.602. The van der Waals surface area contributed by atoms with Crippen molar-refractivity contribution in [1.29, 1.82) is 0 Å². The first-order chi connectivity index (χ1) is 10.1. The Labute approximate surface area is 128 Å². The van der Waals surface area contributed by atoms with Crippen LogP contribution in [0.25, 0.3) is 0 Å². The molecule has 0 amide bonds. The van der Waals surface area contributed by atoms with Gasteiger partial charge in [-0.05, 0) is 39.4 Å². The molecule has 0 saturated heterocycles. The van der Waals surface area contributed by atoms with Crippen molar-refractivity contribution in [2.24, 2.45) is 5.92 Å². The average Bonchev–Trinajstić information content (AvgIpc) is 2.69. The van der Waals surface area contributed by atoms with E-state index in [1.165, 1.54) is 11.3 Å². The zero-order valence-corrected chi connectivity index (χ0v) is 13.9. The maximum absolute atomic E-state index is 4.64. The third-order valence-corrected chi connectivity index (χ3v) is 4.08. The highest BCUT2D eigenvalue weighted by atomic mass is 15.1. The third kappa shape index (κ3) is 4.64. The van der Waals surface area contributed by atoms with Crippen molar-refractivity contribution < 1.29 is 0 Å². The van der Waals surface area contributed by atoms with Crippen LogP contribution < -0.4 is 10.6 Å². The molecule has 2 rings (SSSR count). The van der Waals surface area contributed by atoms with E-state index < -0.39 is 0 Å². The Kier molecular flexibility index (Phi) is 5.94. The summed E-state index contributed by atoms with van der Waals surface area (Å²) in [5.41, 5.74) is 2.52. The number of aryl methyl sites for hydroxylation is 1. The number of hydrogen-bond acceptors (Lipinski definition) is 5. The monoisotopic (exact) mass is 291 g/mol. The maximum atomic E-state index is 4.64. The molecule has 1 aliphatic heterocycles. The van der Waals surface area contributed by atoms with Crippen molar-refractivity contribution in [1.82, 2.24) is 20.2 Å². The molecule has 1 atom stereocenters. The van der Waals surface area contributed by atoms with Crippen LogP contribution in [0.1, 0.15) is 30.9 Å². The van der Waals surface area contributed by atoms with E-state index in [4.69, 9.17) is 0 Å². The fraction of sp³-hybridized carbons (Fsp3) is 0.750. The number of fused-ring (bicyclic) bond motifs is 1. The van der Waals surface area contributed by atoms with Gasteiger partial charge in [0, 0.05) is 31.6 Å². The Bertz CT molecular complexity index is 460. The van der Waals surface area contributed by atoms with Crippen molar-refractivity contribution in [3.63, 3.8) is 0 Å². The molecular formula is C16H29N5. The summed E-state index contributed by atoms with van der Waals surface area (Å²) in [6, 6.07) is 0. The quantitative estimate of drug-likeness (QED) is 0.831. The van der Waals surface area contributed by atoms with Crippen molar-refractivity contribution in [2.75, 3.05) is 45.1 Å². The molecule has 0 radical (unpaired) electrons. The van der Waals surface area contributed by atoms with Gasteiger partial charge in [0.05, 0.1) is 5.69 Å². The first kappa shape index (κ1) is 16.2. The first-order valence-electron chi connectivity index (χ1n) is 8.09. The lowest BCUT2D eigenvalue weighted by Gasteiger charge is -2.21. The predicted molar refractivity (Wildman–Crippen MR) is 87.9 cm³/mol. The summed E-state index contributed by atoms with van der Waals surface area (Å²) in [4.78, 5) is 11.6. The van der Waals surface area contributed by atoms with Gasteiger partial charge in [0.15, 0.2) is 0 Å². The second kappa shape index (κ2) is 7.71. The number of aromatic nitrogens is 2. The molecular weight excluding hydrogens is 262 g/mol. The summed E-state index contributed by atoms with van der Waals surface area (Å²) in [6.45, 7) is 11.7. The van der Waals surface area contributed by atoms with Crippen molar-refractivity contribution >= 4 is 5.82 Å². The molecule has 2 heterocycles. The fourth-order valence-electron chi connectivity index (χ4n) is 2.81. The second-order valence-corrected chi connectivity index (χ2v) is 6.14. The molecule has 1 aromatic heterocycles. The SMILES string of the molecule is CCN(C)C[C@@H](C)CNc1nc(C)nc2c1CCNCC2. The molecule has 21 heavy (non-hydrogen) atoms. The Morgan fingerprint density at radius 2 is 2.05 bits per heavy atom. The van der Waals surface area contributed by atoms with Gasteiger partial charge in [-0.3, -0.25) is 0 Å². The highest BCUT2D eigenvalue weighted by molar-refractivity contribution is 5.47. The molecule has 0 bridgehead atoms. The fourth-order valence-corrected chi connectivity index (χ4v) is 2.81. The summed E-state index contributed by atoms with van der Waals surface area (Å²) < 4.78 is 0. The molecule has 2 N–H and O–H groups in total. The standard InChI is InChI=1S/C16H29N5/c1-5-21(4)11-12(2)10-18-16-14-6-8-17-9-7-15(14)19-13(3)20-16/h12,17H,5-11H2,1-4H3,(H,18,19,20)/t12-/m0/s1. The van der Waals surface area contributed by atoms with E-state index in [0.29, 0.717) is 5.92 Å². The molecule has 0 spiro atoms. The molecule has 0 unspecified atom stereocenters. The number of nitrogens with one attached hydrogen (secondary N) is 2. The molecule has 5 nitrogen and oxygen atoms in total. The molecule has 0 aromatic carbocycles. The van der Waals surface area contributed by atoms with Crippen molar-refractivity contribution in [3.05, 3.63) is 17.1 Å². The normalized spacial score (nSPS) is 16.4. The zero-order chi connectivity index (χ0) is 15.2. The summed E-state index contributed by atoms with van der Waals surface area (Å²) in [6.07, 6.45) is 2.02. The molecule has 1 aliphatic rings. The van der Waals surface area contributed by atoms with E-state index in [1.54, 1.807) is 0 Å². The van der Waals surface area contributed by atoms with Gasteiger partial charge < -0.3 is 15.5 Å². The third-order valence-electron chi connectivity index (χ3n) is 4.08. The van der Waals surface area contributed by atoms with Crippen LogP contribution in [-0.4, -0.2) is 54.6 Å². The maximum Gasteiger partial charge on any atom is 0.133 e. The lowest BCUT2D eigenvalue weighted by atomic mass is 10.1. The van der Waals surface area contributed by atoms with Gasteiger partial charge in [-0.15, -0.1) is 0 Å². The summed E-state index contributed by atoms with van der Waals surface area (Å²) in [5, 5.41) is 7.00. The van der Waals surface area contributed by atoms with Gasteiger partial charge in [0.1, 0.15) is 11.6 Å². The van der Waals surface area contributed by atoms with Gasteiger partial charge in [-0.25, -0.2) is 9.97 Å². The van der Waals surface area contributed by atoms with E-state index in [0.717, 1.165) is 57.2 Å². The van der Waals surface area contributed by atoms with Crippen LogP contribution in [0.2, 0.25) is 0 Å². The summed E-state index contributed by atoms with van der Waals surface area (Å²) >= 11 is 0. The molecule has 0 fully saturated rings. The zero-order valence-electron chi connectivity index (χ0n) is 13.9. The van der Waals surface area contributed by atoms with E-state index in [-0.39, 0.29) is 0 Å². The van der Waals surface area contributed by atoms with Gasteiger partial charge in [0.25, 0.3) is 0 Å². The van der Waals surface area contributed by atoms with Gasteiger partial charge in [0.2, 0.25) is 0 Å². The lowest BCUT2D eigenvalue weighted by Crippen LogP contribution is -2.28. The Morgan fingerprint density at radius 1 is 1.29 bits per heavy atom. The molecule has 0 aliphatic carbocycles. The summed E-state index contributed by atoms with van der Waals surface area (Å²) in [7, 11) is 2.17. The number of hydrogen-bond donors (Lipinski definition) is 2. The Hall–Kier alpha value is -1.20. The van der Waals surface area contributed by atoms with Crippen LogP contribution in [0.4, 0.5) is 5.82 Å². The number of nitrogens with zero attached hydrogens (tertiary/aromatic N) is 3. The molecule has 118 valence electrons. The van der Waals surface area contributed by atoms with Crippen molar-refractivity contribution in [3.8, 4) is 0 Å². The van der Waals surface area contributed by atoms with Crippen LogP contribution in [-0.2, 0) is 12.8 Å². The summed E-state index contributed by atoms with van der Waals surface area (Å²) in [5.74, 6) is 2.52. The average molecular weight is 291 g/mol. The topological polar surface area (TPSA) is 53.1 Å². The highest BCUT2D eigenvalue weighted by Crippen LogP contribution is 2.20. The van der Waals surface area contributed by atoms with Crippen LogP contribution >= 0.6 is 0 Å². The lowest BCUT2D eigenvalue weighted by molar-refractivity contribution is 0.305. The van der Waals surface area contributed by atoms with Gasteiger partial charge in [-0.1, -0.05) is 13.8 Å². The molecule has 1 aromatic rings. The largest absolute Gasteiger partial charge is 0.369 e. The van der Waals surface area contributed by atoms with Crippen LogP contribution in [0.5, 0.6) is 0 Å². The first-order valence-corrected chi connectivity index (χ1v) is 8.09. The van der Waals surface area contributed by atoms with Crippen LogP contribution in [0.15, 0.2) is 0 Å². The minimum absolute atomic E-state index is 0.602. The van der Waals surface area contributed by atoms with E-state index >= 15 is 0 Å². The number of rotatable bonds is 6. The van der Waals surface area contributed by atoms with E-state index in [1.807, 2.05) is 6.92 Å². The van der Waals surface area contributed by atoms with Crippen molar-refractivity contribution in [2.45, 2.75) is 33.6 Å². The van der Waals surface area contributed by atoms with Gasteiger partial charge >= 0.3 is 0 Å². The van der Waals surface area contributed by atoms with Crippen LogP contribution in [0, 0.1) is 12.8 Å². The molecule has 0 saturated carbocycles. The van der Waals surface area contributed by atoms with E-state index in [9.17, 15) is 0 Å². The Balaban J connectivity index is 2.04. The van der Waals surface area contributed by atoms with Gasteiger partial charge in [-0.2, -0.15) is 0 Å². The Morgan fingerprint density at radius 3 is 2.81 bits per heavy atom. The van der Waals surface area contributed by atoms with Crippen LogP contribution in [0.3, 0.4) is 0 Å². The smallest absolute Gasteiger partial charge is 0.133 e. The second-order valence-electron chi connectivity index (χ2n) is 6.14.